The van der Waals surface area contributed by atoms with Gasteiger partial charge in [0.05, 0.1) is 6.54 Å². The molecule has 1 atom stereocenters. The van der Waals surface area contributed by atoms with Gasteiger partial charge in [0.25, 0.3) is 0 Å². The van der Waals surface area contributed by atoms with Crippen LogP contribution < -0.4 is 0 Å². The number of benzene rings is 1. The first kappa shape index (κ1) is 15.0. The highest BCUT2D eigenvalue weighted by Crippen LogP contribution is 2.17. The molecule has 1 aromatic carbocycles. The maximum Gasteiger partial charge on any atom is 0.317 e. The lowest BCUT2D eigenvalue weighted by Crippen LogP contribution is -2.36. The van der Waals surface area contributed by atoms with Gasteiger partial charge in [-0.3, -0.25) is 14.6 Å². The van der Waals surface area contributed by atoms with Crippen molar-refractivity contribution in [3.05, 3.63) is 35.9 Å². The topological polar surface area (TPSA) is 43.8 Å². The Bertz CT molecular complexity index is 422. The number of carboxylic acid groups (broad SMARTS) is 1. The minimum atomic E-state index is -0.738. The Hall–Kier alpha value is -1.39. The maximum absolute atomic E-state index is 10.8. The highest BCUT2D eigenvalue weighted by Gasteiger charge is 2.21. The van der Waals surface area contributed by atoms with Crippen LogP contribution in [0.15, 0.2) is 30.3 Å². The molecular weight excluding hydrogens is 252 g/mol. The zero-order chi connectivity index (χ0) is 14.4. The van der Waals surface area contributed by atoms with Crippen molar-refractivity contribution in [1.29, 1.82) is 0 Å². The summed E-state index contributed by atoms with van der Waals surface area (Å²) in [6.07, 6.45) is 3.28. The van der Waals surface area contributed by atoms with Gasteiger partial charge in [0.15, 0.2) is 0 Å². The molecule has 1 unspecified atom stereocenters. The van der Waals surface area contributed by atoms with Crippen LogP contribution in [0.25, 0.3) is 0 Å². The molecule has 110 valence electrons. The molecule has 20 heavy (non-hydrogen) atoms. The van der Waals surface area contributed by atoms with Gasteiger partial charge < -0.3 is 5.11 Å². The first-order valence-corrected chi connectivity index (χ1v) is 7.33. The Balaban J connectivity index is 1.84. The molecule has 4 nitrogen and oxygen atoms in total. The van der Waals surface area contributed by atoms with E-state index < -0.39 is 5.97 Å². The lowest BCUT2D eigenvalue weighted by atomic mass is 10.1. The van der Waals surface area contributed by atoms with Gasteiger partial charge in [-0.05, 0) is 45.0 Å². The Labute approximate surface area is 121 Å². The van der Waals surface area contributed by atoms with Gasteiger partial charge in [-0.25, -0.2) is 0 Å². The highest BCUT2D eigenvalue weighted by molar-refractivity contribution is 5.69. The standard InChI is InChI=1S/C16H24N2O2/c1-17(13-16(19)20)15-8-5-10-18(11-9-15)12-14-6-3-2-4-7-14/h2-4,6-7,15H,5,8-13H2,1H3,(H,19,20). The fourth-order valence-electron chi connectivity index (χ4n) is 2.92. The molecule has 1 N–H and O–H groups in total. The van der Waals surface area contributed by atoms with E-state index in [0.29, 0.717) is 6.04 Å². The van der Waals surface area contributed by atoms with E-state index >= 15 is 0 Å². The van der Waals surface area contributed by atoms with Crippen molar-refractivity contribution in [3.8, 4) is 0 Å². The van der Waals surface area contributed by atoms with Crippen LogP contribution in [0.1, 0.15) is 24.8 Å². The Morgan fingerprint density at radius 2 is 2.05 bits per heavy atom. The zero-order valence-corrected chi connectivity index (χ0v) is 12.2. The van der Waals surface area contributed by atoms with Crippen molar-refractivity contribution in [2.75, 3.05) is 26.7 Å². The molecule has 4 heteroatoms. The number of aliphatic carboxylic acids is 1. The van der Waals surface area contributed by atoms with Gasteiger partial charge in [-0.15, -0.1) is 0 Å². The van der Waals surface area contributed by atoms with Crippen molar-refractivity contribution in [2.45, 2.75) is 31.8 Å². The predicted molar refractivity (Wildman–Crippen MR) is 79.6 cm³/mol. The number of hydrogen-bond acceptors (Lipinski definition) is 3. The number of hydrogen-bond donors (Lipinski definition) is 1. The van der Waals surface area contributed by atoms with Crippen molar-refractivity contribution >= 4 is 5.97 Å². The van der Waals surface area contributed by atoms with E-state index in [-0.39, 0.29) is 6.54 Å². The van der Waals surface area contributed by atoms with Gasteiger partial charge in [-0.2, -0.15) is 0 Å². The summed E-state index contributed by atoms with van der Waals surface area (Å²) in [5, 5.41) is 8.88. The summed E-state index contributed by atoms with van der Waals surface area (Å²) >= 11 is 0. The normalized spacial score (nSPS) is 20.8. The molecule has 0 spiro atoms. The molecule has 1 fully saturated rings. The first-order chi connectivity index (χ1) is 9.65. The summed E-state index contributed by atoms with van der Waals surface area (Å²) in [6, 6.07) is 10.9. The second kappa shape index (κ2) is 7.41. The molecule has 1 aliphatic rings. The Morgan fingerprint density at radius 1 is 1.30 bits per heavy atom. The van der Waals surface area contributed by atoms with Crippen LogP contribution in [0.3, 0.4) is 0 Å². The van der Waals surface area contributed by atoms with Crippen molar-refractivity contribution < 1.29 is 9.90 Å². The van der Waals surface area contributed by atoms with Crippen LogP contribution in [-0.2, 0) is 11.3 Å². The van der Waals surface area contributed by atoms with Crippen LogP contribution in [0.5, 0.6) is 0 Å². The SMILES string of the molecule is CN(CC(=O)O)C1CCCN(Cc2ccccc2)CC1. The Morgan fingerprint density at radius 3 is 2.75 bits per heavy atom. The van der Waals surface area contributed by atoms with E-state index in [9.17, 15) is 4.79 Å². The average molecular weight is 276 g/mol. The molecule has 0 radical (unpaired) electrons. The molecular formula is C16H24N2O2. The lowest BCUT2D eigenvalue weighted by Gasteiger charge is -2.25. The summed E-state index contributed by atoms with van der Waals surface area (Å²) < 4.78 is 0. The molecule has 1 aromatic rings. The van der Waals surface area contributed by atoms with Gasteiger partial charge >= 0.3 is 5.97 Å². The quantitative estimate of drug-likeness (QED) is 0.894. The number of nitrogens with zero attached hydrogens (tertiary/aromatic N) is 2. The molecule has 2 rings (SSSR count). The smallest absolute Gasteiger partial charge is 0.317 e. The van der Waals surface area contributed by atoms with Crippen LogP contribution in [-0.4, -0.2) is 53.6 Å². The number of carboxylic acids is 1. The number of likely N-dealkylation sites (N-methyl/N-ethyl adjacent to an activating group) is 1. The summed E-state index contributed by atoms with van der Waals surface area (Å²) in [7, 11) is 1.92. The number of likely N-dealkylation sites (tertiary alicyclic amines) is 1. The molecule has 0 saturated carbocycles. The van der Waals surface area contributed by atoms with E-state index in [4.69, 9.17) is 5.11 Å². The fourth-order valence-corrected chi connectivity index (χ4v) is 2.92. The number of rotatable bonds is 5. The van der Waals surface area contributed by atoms with E-state index in [1.165, 1.54) is 5.56 Å². The first-order valence-electron chi connectivity index (χ1n) is 7.33. The molecule has 0 amide bonds. The third kappa shape index (κ3) is 4.62. The largest absolute Gasteiger partial charge is 0.480 e. The van der Waals surface area contributed by atoms with Crippen LogP contribution in [0.2, 0.25) is 0 Å². The van der Waals surface area contributed by atoms with Crippen molar-refractivity contribution in [3.63, 3.8) is 0 Å². The third-order valence-electron chi connectivity index (χ3n) is 4.05. The van der Waals surface area contributed by atoms with Crippen LogP contribution in [0, 0.1) is 0 Å². The summed E-state index contributed by atoms with van der Waals surface area (Å²) in [6.45, 7) is 3.29. The summed E-state index contributed by atoms with van der Waals surface area (Å²) in [5.41, 5.74) is 1.35. The molecule has 0 aliphatic carbocycles. The van der Waals surface area contributed by atoms with Crippen molar-refractivity contribution in [1.82, 2.24) is 9.80 Å². The summed E-state index contributed by atoms with van der Waals surface area (Å²) in [4.78, 5) is 15.2. The average Bonchev–Trinajstić information content (AvgIpc) is 2.65. The van der Waals surface area contributed by atoms with E-state index in [0.717, 1.165) is 38.9 Å². The zero-order valence-electron chi connectivity index (χ0n) is 12.2. The molecule has 1 aliphatic heterocycles. The molecule has 0 aromatic heterocycles. The second-order valence-electron chi connectivity index (χ2n) is 5.66. The fraction of sp³-hybridized carbons (Fsp3) is 0.562. The summed E-state index contributed by atoms with van der Waals surface area (Å²) in [5.74, 6) is -0.738. The number of carbonyl (C=O) groups is 1. The van der Waals surface area contributed by atoms with Crippen molar-refractivity contribution in [2.24, 2.45) is 0 Å². The molecule has 1 saturated heterocycles. The minimum absolute atomic E-state index is 0.142. The highest BCUT2D eigenvalue weighted by atomic mass is 16.4. The van der Waals surface area contributed by atoms with Crippen LogP contribution >= 0.6 is 0 Å². The van der Waals surface area contributed by atoms with Gasteiger partial charge in [0.2, 0.25) is 0 Å². The Kier molecular flexibility index (Phi) is 5.56. The molecule has 0 bridgehead atoms. The monoisotopic (exact) mass is 276 g/mol. The van der Waals surface area contributed by atoms with Gasteiger partial charge in [0, 0.05) is 12.6 Å². The third-order valence-corrected chi connectivity index (χ3v) is 4.05. The van der Waals surface area contributed by atoms with Crippen LogP contribution in [0.4, 0.5) is 0 Å². The minimum Gasteiger partial charge on any atom is -0.480 e. The maximum atomic E-state index is 10.8. The predicted octanol–water partition coefficient (Wildman–Crippen LogP) is 2.06. The van der Waals surface area contributed by atoms with E-state index in [1.807, 2.05) is 18.0 Å². The van der Waals surface area contributed by atoms with Gasteiger partial charge in [0.1, 0.15) is 0 Å². The van der Waals surface area contributed by atoms with Gasteiger partial charge in [-0.1, -0.05) is 30.3 Å². The van der Waals surface area contributed by atoms with E-state index in [2.05, 4.69) is 29.2 Å². The molecule has 1 heterocycles. The second-order valence-corrected chi connectivity index (χ2v) is 5.66. The lowest BCUT2D eigenvalue weighted by molar-refractivity contribution is -0.138. The van der Waals surface area contributed by atoms with E-state index in [1.54, 1.807) is 0 Å².